The van der Waals surface area contributed by atoms with Crippen molar-refractivity contribution in [3.63, 3.8) is 0 Å². The van der Waals surface area contributed by atoms with E-state index in [1.165, 1.54) is 11.0 Å². The Morgan fingerprint density at radius 3 is 2.74 bits per heavy atom. The molecule has 2 N–H and O–H groups in total. The van der Waals surface area contributed by atoms with Gasteiger partial charge in [0.1, 0.15) is 6.61 Å². The van der Waals surface area contributed by atoms with Crippen molar-refractivity contribution in [2.45, 2.75) is 12.0 Å². The Kier molecular flexibility index (Phi) is 5.78. The predicted octanol–water partition coefficient (Wildman–Crippen LogP) is 0.0741. The monoisotopic (exact) mass is 272 g/mol. The van der Waals surface area contributed by atoms with Crippen LogP contribution in [0.5, 0.6) is 0 Å². The van der Waals surface area contributed by atoms with Gasteiger partial charge in [0.25, 0.3) is 0 Å². The smallest absolute Gasteiger partial charge is 0.410 e. The number of carbonyl (C=O) groups excluding carboxylic acids is 1. The lowest BCUT2D eigenvalue weighted by molar-refractivity contribution is -0.151. The lowest BCUT2D eigenvalue weighted by Crippen LogP contribution is -2.74. The minimum atomic E-state index is -1.07. The minimum absolute atomic E-state index is 0.102. The van der Waals surface area contributed by atoms with E-state index < -0.39 is 17.6 Å². The van der Waals surface area contributed by atoms with Crippen LogP contribution in [-0.4, -0.2) is 67.6 Å². The highest BCUT2D eigenvalue weighted by atomic mass is 16.6. The Balaban J connectivity index is 2.39. The molecule has 0 aliphatic carbocycles. The predicted molar refractivity (Wildman–Crippen MR) is 68.0 cm³/mol. The van der Waals surface area contributed by atoms with Gasteiger partial charge in [0.15, 0.2) is 5.54 Å². The van der Waals surface area contributed by atoms with Crippen LogP contribution in [0.15, 0.2) is 12.7 Å². The highest BCUT2D eigenvalue weighted by molar-refractivity contribution is 5.84. The zero-order valence-corrected chi connectivity index (χ0v) is 11.1. The molecule has 19 heavy (non-hydrogen) atoms. The van der Waals surface area contributed by atoms with E-state index in [0.717, 1.165) is 0 Å². The van der Waals surface area contributed by atoms with Crippen LogP contribution >= 0.6 is 0 Å². The molecule has 0 aromatic heterocycles. The van der Waals surface area contributed by atoms with Gasteiger partial charge in [-0.2, -0.15) is 0 Å². The van der Waals surface area contributed by atoms with E-state index in [9.17, 15) is 14.7 Å². The molecule has 1 aliphatic rings. The number of methoxy groups -OCH3 is 1. The number of likely N-dealkylation sites (tertiary alicyclic amines) is 1. The summed E-state index contributed by atoms with van der Waals surface area (Å²) in [6, 6.07) is 0. The fourth-order valence-corrected chi connectivity index (χ4v) is 1.82. The van der Waals surface area contributed by atoms with Crippen molar-refractivity contribution in [2.75, 3.05) is 40.0 Å². The third-order valence-corrected chi connectivity index (χ3v) is 2.90. The number of rotatable bonds is 8. The topological polar surface area (TPSA) is 88.1 Å². The molecular weight excluding hydrogens is 252 g/mol. The summed E-state index contributed by atoms with van der Waals surface area (Å²) >= 11 is 0. The second-order valence-corrected chi connectivity index (χ2v) is 4.38. The van der Waals surface area contributed by atoms with Gasteiger partial charge in [-0.25, -0.2) is 4.79 Å². The van der Waals surface area contributed by atoms with Crippen molar-refractivity contribution < 1.29 is 24.2 Å². The van der Waals surface area contributed by atoms with E-state index >= 15 is 0 Å². The summed E-state index contributed by atoms with van der Waals surface area (Å²) in [5.41, 5.74) is -1.07. The summed E-state index contributed by atoms with van der Waals surface area (Å²) in [5.74, 6) is -0.960. The van der Waals surface area contributed by atoms with Crippen LogP contribution in [0.1, 0.15) is 6.42 Å². The molecule has 0 spiro atoms. The average molecular weight is 272 g/mol. The summed E-state index contributed by atoms with van der Waals surface area (Å²) < 4.78 is 9.73. The summed E-state index contributed by atoms with van der Waals surface area (Å²) in [5, 5.41) is 12.2. The van der Waals surface area contributed by atoms with Crippen LogP contribution in [0.25, 0.3) is 0 Å². The van der Waals surface area contributed by atoms with Gasteiger partial charge in [-0.15, -0.1) is 0 Å². The van der Waals surface area contributed by atoms with Crippen LogP contribution in [0, 0.1) is 0 Å². The SMILES string of the molecule is C=CCOC(=O)N1CC(NCCCOC)(C(=O)O)C1. The van der Waals surface area contributed by atoms with E-state index in [2.05, 4.69) is 11.9 Å². The number of amides is 1. The van der Waals surface area contributed by atoms with Gasteiger partial charge in [0, 0.05) is 13.7 Å². The molecule has 0 unspecified atom stereocenters. The molecule has 0 atom stereocenters. The Hall–Kier alpha value is -1.60. The van der Waals surface area contributed by atoms with Crippen LogP contribution in [-0.2, 0) is 14.3 Å². The van der Waals surface area contributed by atoms with Crippen molar-refractivity contribution in [3.05, 3.63) is 12.7 Å². The maximum absolute atomic E-state index is 11.5. The number of nitrogens with zero attached hydrogens (tertiary/aromatic N) is 1. The van der Waals surface area contributed by atoms with E-state index in [1.54, 1.807) is 7.11 Å². The summed E-state index contributed by atoms with van der Waals surface area (Å²) in [6.45, 7) is 4.85. The van der Waals surface area contributed by atoms with E-state index in [1.807, 2.05) is 0 Å². The number of carboxylic acid groups (broad SMARTS) is 1. The lowest BCUT2D eigenvalue weighted by atomic mass is 9.90. The van der Waals surface area contributed by atoms with Crippen molar-refractivity contribution in [1.82, 2.24) is 10.2 Å². The Bertz CT molecular complexity index is 339. The molecule has 108 valence electrons. The number of aliphatic carboxylic acids is 1. The van der Waals surface area contributed by atoms with Crippen molar-refractivity contribution >= 4 is 12.1 Å². The third kappa shape index (κ3) is 3.93. The molecule has 0 aromatic carbocycles. The van der Waals surface area contributed by atoms with Gasteiger partial charge in [0.2, 0.25) is 0 Å². The molecule has 0 radical (unpaired) electrons. The fourth-order valence-electron chi connectivity index (χ4n) is 1.82. The van der Waals surface area contributed by atoms with Gasteiger partial charge in [-0.1, -0.05) is 12.7 Å². The zero-order chi connectivity index (χ0) is 14.3. The Morgan fingerprint density at radius 1 is 1.53 bits per heavy atom. The highest BCUT2D eigenvalue weighted by Gasteiger charge is 2.51. The standard InChI is InChI=1S/C12H20N2O5/c1-3-6-19-11(17)14-8-12(9-14,10(15)16)13-5-4-7-18-2/h3,13H,1,4-9H2,2H3,(H,15,16). The number of hydrogen-bond acceptors (Lipinski definition) is 5. The average Bonchev–Trinajstić information content (AvgIpc) is 2.33. The highest BCUT2D eigenvalue weighted by Crippen LogP contribution is 2.22. The van der Waals surface area contributed by atoms with Gasteiger partial charge in [-0.05, 0) is 13.0 Å². The summed E-state index contributed by atoms with van der Waals surface area (Å²) in [4.78, 5) is 24.1. The molecule has 1 rings (SSSR count). The summed E-state index contributed by atoms with van der Waals surface area (Å²) in [6.07, 6.45) is 1.66. The molecule has 1 aliphatic heterocycles. The third-order valence-electron chi connectivity index (χ3n) is 2.90. The molecular formula is C12H20N2O5. The second-order valence-electron chi connectivity index (χ2n) is 4.38. The first-order valence-corrected chi connectivity index (χ1v) is 6.05. The maximum Gasteiger partial charge on any atom is 0.410 e. The Morgan fingerprint density at radius 2 is 2.21 bits per heavy atom. The molecule has 0 saturated carbocycles. The molecule has 0 aromatic rings. The van der Waals surface area contributed by atoms with Crippen LogP contribution < -0.4 is 5.32 Å². The second kappa shape index (κ2) is 7.10. The van der Waals surface area contributed by atoms with E-state index in [0.29, 0.717) is 19.6 Å². The van der Waals surface area contributed by atoms with Crippen LogP contribution in [0.3, 0.4) is 0 Å². The van der Waals surface area contributed by atoms with E-state index in [-0.39, 0.29) is 19.7 Å². The maximum atomic E-state index is 11.5. The first-order chi connectivity index (χ1) is 9.05. The first-order valence-electron chi connectivity index (χ1n) is 6.05. The number of nitrogens with one attached hydrogen (secondary N) is 1. The van der Waals surface area contributed by atoms with Gasteiger partial charge < -0.3 is 19.5 Å². The van der Waals surface area contributed by atoms with Gasteiger partial charge in [0.05, 0.1) is 13.1 Å². The molecule has 1 fully saturated rings. The molecule has 1 amide bonds. The van der Waals surface area contributed by atoms with Crippen molar-refractivity contribution in [1.29, 1.82) is 0 Å². The molecule has 7 nitrogen and oxygen atoms in total. The molecule has 1 heterocycles. The van der Waals surface area contributed by atoms with Crippen LogP contribution in [0.4, 0.5) is 4.79 Å². The van der Waals surface area contributed by atoms with E-state index in [4.69, 9.17) is 9.47 Å². The fraction of sp³-hybridized carbons (Fsp3) is 0.667. The van der Waals surface area contributed by atoms with Gasteiger partial charge in [-0.3, -0.25) is 10.1 Å². The number of ether oxygens (including phenoxy) is 2. The van der Waals surface area contributed by atoms with Gasteiger partial charge >= 0.3 is 12.1 Å². The van der Waals surface area contributed by atoms with Crippen LogP contribution in [0.2, 0.25) is 0 Å². The quantitative estimate of drug-likeness (QED) is 0.480. The number of carbonyl (C=O) groups is 2. The minimum Gasteiger partial charge on any atom is -0.480 e. The number of hydrogen-bond donors (Lipinski definition) is 2. The summed E-state index contributed by atoms with van der Waals surface area (Å²) in [7, 11) is 1.59. The zero-order valence-electron chi connectivity index (χ0n) is 11.1. The van der Waals surface area contributed by atoms with Crippen molar-refractivity contribution in [3.8, 4) is 0 Å². The molecule has 7 heteroatoms. The normalized spacial score (nSPS) is 16.6. The molecule has 1 saturated heterocycles. The lowest BCUT2D eigenvalue weighted by Gasteiger charge is -2.46. The number of carboxylic acids is 1. The Labute approximate surface area is 112 Å². The largest absolute Gasteiger partial charge is 0.480 e. The van der Waals surface area contributed by atoms with Crippen molar-refractivity contribution in [2.24, 2.45) is 0 Å². The molecule has 0 bridgehead atoms. The first kappa shape index (κ1) is 15.5.